The molecule has 0 atom stereocenters. The van der Waals surface area contributed by atoms with Gasteiger partial charge < -0.3 is 15.2 Å². The van der Waals surface area contributed by atoms with Crippen molar-refractivity contribution in [2.75, 3.05) is 12.3 Å². The molecular weight excluding hydrogens is 373 g/mol. The zero-order valence-electron chi connectivity index (χ0n) is 13.5. The van der Waals surface area contributed by atoms with Gasteiger partial charge in [0, 0.05) is 12.4 Å². The molecular formula is C17H18Cl2F2N2O2. The molecule has 0 aliphatic heterocycles. The van der Waals surface area contributed by atoms with E-state index in [9.17, 15) is 8.78 Å². The highest BCUT2D eigenvalue weighted by Crippen LogP contribution is 2.34. The molecule has 0 amide bonds. The van der Waals surface area contributed by atoms with Crippen molar-refractivity contribution in [1.29, 1.82) is 0 Å². The first-order valence-electron chi connectivity index (χ1n) is 7.59. The van der Waals surface area contributed by atoms with Crippen LogP contribution in [0.1, 0.15) is 18.4 Å². The van der Waals surface area contributed by atoms with Crippen molar-refractivity contribution >= 4 is 28.9 Å². The maximum Gasteiger partial charge on any atom is 0.387 e. The van der Waals surface area contributed by atoms with Crippen molar-refractivity contribution in [1.82, 2.24) is 4.98 Å². The van der Waals surface area contributed by atoms with E-state index in [1.54, 1.807) is 12.1 Å². The Labute approximate surface area is 154 Å². The summed E-state index contributed by atoms with van der Waals surface area (Å²) >= 11 is 11.1. The van der Waals surface area contributed by atoms with Gasteiger partial charge in [-0.1, -0.05) is 29.3 Å². The number of rotatable bonds is 5. The zero-order valence-corrected chi connectivity index (χ0v) is 15.0. The molecule has 136 valence electrons. The molecule has 0 radical (unpaired) electrons. The number of nitrogen functional groups attached to an aromatic ring is 1. The minimum absolute atomic E-state index is 0.112. The first kappa shape index (κ1) is 19.5. The molecule has 1 saturated carbocycles. The van der Waals surface area contributed by atoms with E-state index in [0.29, 0.717) is 34.0 Å². The van der Waals surface area contributed by atoms with Gasteiger partial charge in [-0.3, -0.25) is 4.98 Å². The molecule has 2 aromatic rings. The summed E-state index contributed by atoms with van der Waals surface area (Å²) in [4.78, 5) is 3.70. The number of pyridine rings is 1. The van der Waals surface area contributed by atoms with Crippen molar-refractivity contribution in [2.24, 2.45) is 5.92 Å². The first-order chi connectivity index (χ1) is 11.9. The molecule has 25 heavy (non-hydrogen) atoms. The van der Waals surface area contributed by atoms with E-state index in [2.05, 4.69) is 9.72 Å². The van der Waals surface area contributed by atoms with E-state index in [0.717, 1.165) is 18.4 Å². The normalized spacial score (nSPS) is 13.2. The highest BCUT2D eigenvalue weighted by molar-refractivity contribution is 6.38. The van der Waals surface area contributed by atoms with Gasteiger partial charge in [-0.05, 0) is 43.4 Å². The summed E-state index contributed by atoms with van der Waals surface area (Å²) in [6.45, 7) is -0.342. The van der Waals surface area contributed by atoms with Gasteiger partial charge in [0.2, 0.25) is 0 Å². The maximum absolute atomic E-state index is 12.1. The standard InChI is InChI=1S/C12H14F2O2.C5H4Cl2N2/c1-8-2-5-10(16-12(13)14)11(6-8)15-7-9-3-4-9;6-3-1-9-2-4(7)5(3)8/h2,5-6,9,12H,3-4,7H2,1H3;1-2H,(H2,8,9). The van der Waals surface area contributed by atoms with Crippen molar-refractivity contribution in [2.45, 2.75) is 26.4 Å². The maximum atomic E-state index is 12.1. The molecule has 3 rings (SSSR count). The molecule has 2 N–H and O–H groups in total. The first-order valence-corrected chi connectivity index (χ1v) is 8.35. The monoisotopic (exact) mass is 390 g/mol. The lowest BCUT2D eigenvalue weighted by Crippen LogP contribution is -2.06. The van der Waals surface area contributed by atoms with Gasteiger partial charge in [-0.25, -0.2) is 0 Å². The number of aromatic nitrogens is 1. The summed E-state index contributed by atoms with van der Waals surface area (Å²) in [5.74, 6) is 1.10. The molecule has 0 saturated heterocycles. The highest BCUT2D eigenvalue weighted by Gasteiger charge is 2.23. The van der Waals surface area contributed by atoms with Crippen LogP contribution in [0.25, 0.3) is 0 Å². The third-order valence-corrected chi connectivity index (χ3v) is 3.98. The number of anilines is 1. The largest absolute Gasteiger partial charge is 0.489 e. The minimum Gasteiger partial charge on any atom is -0.489 e. The fraction of sp³-hybridized carbons (Fsp3) is 0.353. The molecule has 1 aliphatic rings. The van der Waals surface area contributed by atoms with Crippen LogP contribution in [-0.4, -0.2) is 18.2 Å². The fourth-order valence-corrected chi connectivity index (χ4v) is 2.20. The van der Waals surface area contributed by atoms with Crippen molar-refractivity contribution in [3.63, 3.8) is 0 Å². The van der Waals surface area contributed by atoms with Crippen LogP contribution in [0, 0.1) is 12.8 Å². The van der Waals surface area contributed by atoms with Crippen LogP contribution in [0.15, 0.2) is 30.6 Å². The summed E-state index contributed by atoms with van der Waals surface area (Å²) in [6.07, 6.45) is 5.22. The molecule has 1 fully saturated rings. The molecule has 0 bridgehead atoms. The molecule has 4 nitrogen and oxygen atoms in total. The Bertz CT molecular complexity index is 693. The number of alkyl halides is 2. The van der Waals surface area contributed by atoms with Gasteiger partial charge >= 0.3 is 6.61 Å². The summed E-state index contributed by atoms with van der Waals surface area (Å²) in [6, 6.07) is 4.96. The number of benzene rings is 1. The molecule has 1 aromatic carbocycles. The quantitative estimate of drug-likeness (QED) is 0.746. The van der Waals surface area contributed by atoms with Crippen LogP contribution in [0.5, 0.6) is 11.5 Å². The number of hydrogen-bond acceptors (Lipinski definition) is 4. The van der Waals surface area contributed by atoms with Crippen LogP contribution >= 0.6 is 23.2 Å². The molecule has 0 spiro atoms. The smallest absolute Gasteiger partial charge is 0.387 e. The number of nitrogens with two attached hydrogens (primary N) is 1. The van der Waals surface area contributed by atoms with Crippen LogP contribution < -0.4 is 15.2 Å². The van der Waals surface area contributed by atoms with Gasteiger partial charge in [0.05, 0.1) is 22.3 Å². The average Bonchev–Trinajstić information content (AvgIpc) is 3.37. The summed E-state index contributed by atoms with van der Waals surface area (Å²) < 4.78 is 34.1. The second-order valence-corrected chi connectivity index (χ2v) is 6.41. The lowest BCUT2D eigenvalue weighted by atomic mass is 10.2. The van der Waals surface area contributed by atoms with Gasteiger partial charge in [-0.15, -0.1) is 0 Å². The summed E-state index contributed by atoms with van der Waals surface area (Å²) in [7, 11) is 0. The number of aryl methyl sites for hydroxylation is 1. The second kappa shape index (κ2) is 9.06. The third kappa shape index (κ3) is 6.55. The Balaban J connectivity index is 0.000000212. The van der Waals surface area contributed by atoms with E-state index in [-0.39, 0.29) is 5.75 Å². The number of ether oxygens (including phenoxy) is 2. The number of hydrogen-bond donors (Lipinski definition) is 1. The fourth-order valence-electron chi connectivity index (χ4n) is 1.83. The van der Waals surface area contributed by atoms with E-state index >= 15 is 0 Å². The Hall–Kier alpha value is -1.79. The predicted molar refractivity (Wildman–Crippen MR) is 94.7 cm³/mol. The zero-order chi connectivity index (χ0) is 18.4. The Morgan fingerprint density at radius 3 is 2.36 bits per heavy atom. The van der Waals surface area contributed by atoms with Gasteiger partial charge in [0.1, 0.15) is 0 Å². The van der Waals surface area contributed by atoms with E-state index < -0.39 is 6.61 Å². The van der Waals surface area contributed by atoms with Crippen LogP contribution in [0.2, 0.25) is 10.0 Å². The van der Waals surface area contributed by atoms with Crippen molar-refractivity contribution in [3.05, 3.63) is 46.2 Å². The minimum atomic E-state index is -2.81. The lowest BCUT2D eigenvalue weighted by molar-refractivity contribution is -0.0515. The number of nitrogens with zero attached hydrogens (tertiary/aromatic N) is 1. The Morgan fingerprint density at radius 2 is 1.84 bits per heavy atom. The topological polar surface area (TPSA) is 57.4 Å². The van der Waals surface area contributed by atoms with E-state index in [1.807, 2.05) is 6.92 Å². The Morgan fingerprint density at radius 1 is 1.20 bits per heavy atom. The van der Waals surface area contributed by atoms with Gasteiger partial charge in [0.25, 0.3) is 0 Å². The second-order valence-electron chi connectivity index (χ2n) is 5.60. The average molecular weight is 391 g/mol. The molecule has 8 heteroatoms. The van der Waals surface area contributed by atoms with E-state index in [4.69, 9.17) is 33.7 Å². The molecule has 0 unspecified atom stereocenters. The molecule has 1 heterocycles. The lowest BCUT2D eigenvalue weighted by Gasteiger charge is -2.12. The van der Waals surface area contributed by atoms with Crippen LogP contribution in [0.3, 0.4) is 0 Å². The van der Waals surface area contributed by atoms with Crippen molar-refractivity contribution in [3.8, 4) is 11.5 Å². The predicted octanol–water partition coefficient (Wildman–Crippen LogP) is 5.36. The van der Waals surface area contributed by atoms with Crippen molar-refractivity contribution < 1.29 is 18.3 Å². The third-order valence-electron chi connectivity index (χ3n) is 3.38. The highest BCUT2D eigenvalue weighted by atomic mass is 35.5. The molecule has 1 aromatic heterocycles. The SMILES string of the molecule is Cc1ccc(OC(F)F)c(OCC2CC2)c1.Nc1c(Cl)cncc1Cl. The van der Waals surface area contributed by atoms with Crippen LogP contribution in [-0.2, 0) is 0 Å². The van der Waals surface area contributed by atoms with Gasteiger partial charge in [-0.2, -0.15) is 8.78 Å². The van der Waals surface area contributed by atoms with Gasteiger partial charge in [0.15, 0.2) is 11.5 Å². The molecule has 1 aliphatic carbocycles. The van der Waals surface area contributed by atoms with Crippen LogP contribution in [0.4, 0.5) is 14.5 Å². The number of halogens is 4. The summed E-state index contributed by atoms with van der Waals surface area (Å²) in [5, 5.41) is 0.782. The van der Waals surface area contributed by atoms with E-state index in [1.165, 1.54) is 18.5 Å². The summed E-state index contributed by atoms with van der Waals surface area (Å²) in [5.41, 5.74) is 6.73. The Kier molecular flexibility index (Phi) is 7.08.